The lowest BCUT2D eigenvalue weighted by atomic mass is 9.87. The quantitative estimate of drug-likeness (QED) is 0.820. The number of hydrogen-bond acceptors (Lipinski definition) is 4. The molecule has 0 saturated heterocycles. The zero-order valence-corrected chi connectivity index (χ0v) is 15.5. The van der Waals surface area contributed by atoms with E-state index in [-0.39, 0.29) is 16.7 Å². The van der Waals surface area contributed by atoms with Crippen LogP contribution in [0.25, 0.3) is 0 Å². The van der Waals surface area contributed by atoms with Crippen LogP contribution in [0.1, 0.15) is 60.5 Å². The van der Waals surface area contributed by atoms with Crippen LogP contribution in [0.4, 0.5) is 0 Å². The predicted molar refractivity (Wildman–Crippen MR) is 98.9 cm³/mol. The molecule has 7 heteroatoms. The molecular formula is C19H24N4O3. The first kappa shape index (κ1) is 19.4. The lowest BCUT2D eigenvalue weighted by Crippen LogP contribution is -2.42. The van der Waals surface area contributed by atoms with E-state index in [1.807, 2.05) is 19.1 Å². The normalized spacial score (nSPS) is 11.1. The number of aryl methyl sites for hydroxylation is 1. The standard InChI is InChI=1S/C19H24N4O3/c1-5-12-23-16(24)11-10-15(22-23)18(26)21-20-17(25)13-6-8-14(9-7-13)19(2,3)4/h6-11H,5,12H2,1-4H3,(H,20,25)(H,21,26). The summed E-state index contributed by atoms with van der Waals surface area (Å²) in [7, 11) is 0. The molecule has 0 saturated carbocycles. The third kappa shape index (κ3) is 4.78. The molecule has 0 radical (unpaired) electrons. The number of hydrazine groups is 1. The molecule has 0 atom stereocenters. The number of aromatic nitrogens is 2. The Hall–Kier alpha value is -2.96. The zero-order valence-electron chi connectivity index (χ0n) is 15.5. The SMILES string of the molecule is CCCn1nc(C(=O)NNC(=O)c2ccc(C(C)(C)C)cc2)ccc1=O. The molecule has 0 bridgehead atoms. The van der Waals surface area contributed by atoms with Crippen LogP contribution in [0.3, 0.4) is 0 Å². The second-order valence-corrected chi connectivity index (χ2v) is 7.02. The lowest BCUT2D eigenvalue weighted by Gasteiger charge is -2.19. The van der Waals surface area contributed by atoms with Gasteiger partial charge >= 0.3 is 0 Å². The average Bonchev–Trinajstić information content (AvgIpc) is 2.60. The molecule has 0 aliphatic carbocycles. The molecule has 7 nitrogen and oxygen atoms in total. The molecule has 0 fully saturated rings. The van der Waals surface area contributed by atoms with Crippen molar-refractivity contribution in [2.24, 2.45) is 0 Å². The fraction of sp³-hybridized carbons (Fsp3) is 0.368. The second kappa shape index (κ2) is 7.95. The van der Waals surface area contributed by atoms with E-state index in [9.17, 15) is 14.4 Å². The Bertz CT molecular complexity index is 848. The van der Waals surface area contributed by atoms with Crippen molar-refractivity contribution in [2.45, 2.75) is 46.1 Å². The summed E-state index contributed by atoms with van der Waals surface area (Å²) in [5.41, 5.74) is 6.00. The molecule has 2 aromatic rings. The average molecular weight is 356 g/mol. The smallest absolute Gasteiger partial charge is 0.268 e. The number of nitrogens with one attached hydrogen (secondary N) is 2. The van der Waals surface area contributed by atoms with Crippen molar-refractivity contribution in [3.05, 3.63) is 63.6 Å². The molecule has 1 aromatic heterocycles. The van der Waals surface area contributed by atoms with Gasteiger partial charge in [0.15, 0.2) is 5.69 Å². The van der Waals surface area contributed by atoms with Gasteiger partial charge in [-0.2, -0.15) is 5.10 Å². The van der Waals surface area contributed by atoms with Gasteiger partial charge in [-0.05, 0) is 35.6 Å². The van der Waals surface area contributed by atoms with E-state index in [1.165, 1.54) is 16.8 Å². The largest absolute Gasteiger partial charge is 0.290 e. The van der Waals surface area contributed by atoms with E-state index in [1.54, 1.807) is 12.1 Å². The summed E-state index contributed by atoms with van der Waals surface area (Å²) in [5, 5.41) is 3.99. The van der Waals surface area contributed by atoms with Crippen LogP contribution < -0.4 is 16.4 Å². The first-order valence-corrected chi connectivity index (χ1v) is 8.51. The highest BCUT2D eigenvalue weighted by Gasteiger charge is 2.15. The molecule has 1 heterocycles. The molecule has 26 heavy (non-hydrogen) atoms. The van der Waals surface area contributed by atoms with Gasteiger partial charge in [0.2, 0.25) is 0 Å². The van der Waals surface area contributed by atoms with Gasteiger partial charge in [-0.1, -0.05) is 39.8 Å². The Morgan fingerprint density at radius 1 is 1.00 bits per heavy atom. The zero-order chi connectivity index (χ0) is 19.3. The molecule has 0 aliphatic heterocycles. The van der Waals surface area contributed by atoms with Crippen LogP contribution in [0, 0.1) is 0 Å². The van der Waals surface area contributed by atoms with Crippen molar-refractivity contribution in [1.82, 2.24) is 20.6 Å². The lowest BCUT2D eigenvalue weighted by molar-refractivity contribution is 0.0842. The highest BCUT2D eigenvalue weighted by molar-refractivity contribution is 5.98. The minimum Gasteiger partial charge on any atom is -0.268 e. The predicted octanol–water partition coefficient (Wildman–Crippen LogP) is 2.03. The molecule has 2 rings (SSSR count). The van der Waals surface area contributed by atoms with Gasteiger partial charge in [0, 0.05) is 18.2 Å². The van der Waals surface area contributed by atoms with Gasteiger partial charge in [-0.25, -0.2) is 4.68 Å². The van der Waals surface area contributed by atoms with E-state index in [4.69, 9.17) is 0 Å². The monoisotopic (exact) mass is 356 g/mol. The van der Waals surface area contributed by atoms with Gasteiger partial charge in [0.25, 0.3) is 17.4 Å². The van der Waals surface area contributed by atoms with Crippen molar-refractivity contribution in [2.75, 3.05) is 0 Å². The molecular weight excluding hydrogens is 332 g/mol. The summed E-state index contributed by atoms with van der Waals surface area (Å²) in [5.74, 6) is -1.02. The van der Waals surface area contributed by atoms with Crippen LogP contribution in [0.15, 0.2) is 41.2 Å². The Kier molecular flexibility index (Phi) is 5.92. The fourth-order valence-electron chi connectivity index (χ4n) is 2.31. The summed E-state index contributed by atoms with van der Waals surface area (Å²) in [6, 6.07) is 9.81. The number of amides is 2. The second-order valence-electron chi connectivity index (χ2n) is 7.02. The summed E-state index contributed by atoms with van der Waals surface area (Å²) in [6.07, 6.45) is 0.722. The van der Waals surface area contributed by atoms with Crippen LogP contribution in [0.5, 0.6) is 0 Å². The van der Waals surface area contributed by atoms with E-state index in [0.717, 1.165) is 12.0 Å². The third-order valence-electron chi connectivity index (χ3n) is 3.84. The Morgan fingerprint density at radius 2 is 1.62 bits per heavy atom. The maximum atomic E-state index is 12.2. The van der Waals surface area contributed by atoms with Crippen molar-refractivity contribution in [1.29, 1.82) is 0 Å². The van der Waals surface area contributed by atoms with Gasteiger partial charge in [-0.3, -0.25) is 25.2 Å². The molecule has 2 N–H and O–H groups in total. The van der Waals surface area contributed by atoms with Crippen LogP contribution in [-0.4, -0.2) is 21.6 Å². The van der Waals surface area contributed by atoms with Gasteiger partial charge in [0.1, 0.15) is 0 Å². The number of hydrogen-bond donors (Lipinski definition) is 2. The first-order valence-electron chi connectivity index (χ1n) is 8.51. The summed E-state index contributed by atoms with van der Waals surface area (Å²) in [6.45, 7) is 8.60. The molecule has 0 spiro atoms. The number of rotatable bonds is 4. The Morgan fingerprint density at radius 3 is 2.19 bits per heavy atom. The van der Waals surface area contributed by atoms with Crippen molar-refractivity contribution >= 4 is 11.8 Å². The maximum absolute atomic E-state index is 12.2. The molecule has 1 aromatic carbocycles. The van der Waals surface area contributed by atoms with Crippen molar-refractivity contribution in [3.63, 3.8) is 0 Å². The maximum Gasteiger partial charge on any atom is 0.290 e. The minimum absolute atomic E-state index is 0.00349. The summed E-state index contributed by atoms with van der Waals surface area (Å²) >= 11 is 0. The van der Waals surface area contributed by atoms with Crippen LogP contribution in [0.2, 0.25) is 0 Å². The highest BCUT2D eigenvalue weighted by atomic mass is 16.2. The van der Waals surface area contributed by atoms with Crippen LogP contribution in [-0.2, 0) is 12.0 Å². The summed E-state index contributed by atoms with van der Waals surface area (Å²) < 4.78 is 1.22. The molecule has 0 unspecified atom stereocenters. The Labute approximate surface area is 152 Å². The van der Waals surface area contributed by atoms with E-state index < -0.39 is 11.8 Å². The Balaban J connectivity index is 2.02. The van der Waals surface area contributed by atoms with Gasteiger partial charge in [0.05, 0.1) is 0 Å². The van der Waals surface area contributed by atoms with Gasteiger partial charge < -0.3 is 0 Å². The van der Waals surface area contributed by atoms with Crippen molar-refractivity contribution < 1.29 is 9.59 Å². The molecule has 2 amide bonds. The van der Waals surface area contributed by atoms with E-state index in [2.05, 4.69) is 36.7 Å². The first-order chi connectivity index (χ1) is 12.2. The minimum atomic E-state index is -0.588. The highest BCUT2D eigenvalue weighted by Crippen LogP contribution is 2.22. The number of carbonyl (C=O) groups excluding carboxylic acids is 2. The molecule has 138 valence electrons. The third-order valence-corrected chi connectivity index (χ3v) is 3.84. The van der Waals surface area contributed by atoms with E-state index in [0.29, 0.717) is 12.1 Å². The summed E-state index contributed by atoms with van der Waals surface area (Å²) in [4.78, 5) is 35.9. The fourth-order valence-corrected chi connectivity index (χ4v) is 2.31. The van der Waals surface area contributed by atoms with E-state index >= 15 is 0 Å². The number of carbonyl (C=O) groups is 2. The molecule has 0 aliphatic rings. The number of benzene rings is 1. The number of nitrogens with zero attached hydrogens (tertiary/aromatic N) is 2. The van der Waals surface area contributed by atoms with Gasteiger partial charge in [-0.15, -0.1) is 0 Å². The van der Waals surface area contributed by atoms with Crippen molar-refractivity contribution in [3.8, 4) is 0 Å². The topological polar surface area (TPSA) is 93.1 Å². The van der Waals surface area contributed by atoms with Crippen LogP contribution >= 0.6 is 0 Å².